The van der Waals surface area contributed by atoms with Crippen LogP contribution in [0.25, 0.3) is 0 Å². The van der Waals surface area contributed by atoms with E-state index in [9.17, 15) is 0 Å². The molecule has 0 aliphatic carbocycles. The summed E-state index contributed by atoms with van der Waals surface area (Å²) in [5, 5.41) is 8.99. The van der Waals surface area contributed by atoms with Crippen molar-refractivity contribution in [2.24, 2.45) is 0 Å². The Kier molecular flexibility index (Phi) is 4.98. The molecule has 0 bridgehead atoms. The molecule has 0 aromatic rings. The van der Waals surface area contributed by atoms with Crippen molar-refractivity contribution in [3.63, 3.8) is 0 Å². The van der Waals surface area contributed by atoms with E-state index in [4.69, 9.17) is 5.11 Å². The van der Waals surface area contributed by atoms with E-state index in [0.29, 0.717) is 5.76 Å². The molecule has 0 atom stereocenters. The molecule has 0 saturated carbocycles. The molecule has 0 aliphatic rings. The Labute approximate surface area is 56.7 Å². The van der Waals surface area contributed by atoms with E-state index in [1.54, 1.807) is 6.08 Å². The summed E-state index contributed by atoms with van der Waals surface area (Å²) in [6, 6.07) is 0. The minimum atomic E-state index is 0.484. The average Bonchev–Trinajstić information content (AvgIpc) is 1.85. The summed E-state index contributed by atoms with van der Waals surface area (Å²) in [6.45, 7) is 5.56. The van der Waals surface area contributed by atoms with Crippen molar-refractivity contribution in [2.75, 3.05) is 0 Å². The van der Waals surface area contributed by atoms with E-state index in [1.165, 1.54) is 0 Å². The molecule has 0 rings (SSSR count). The van der Waals surface area contributed by atoms with Crippen molar-refractivity contribution in [1.29, 1.82) is 0 Å². The standard InChI is InChI=1S/C8H14O/c1-3-5-7-8(9)6-4-2/h3,6,9H,1,4-5,7H2,2H3/b8-6-. The van der Waals surface area contributed by atoms with Gasteiger partial charge in [0.1, 0.15) is 0 Å². The molecule has 1 nitrogen and oxygen atoms in total. The summed E-state index contributed by atoms with van der Waals surface area (Å²) in [4.78, 5) is 0. The van der Waals surface area contributed by atoms with E-state index >= 15 is 0 Å². The monoisotopic (exact) mass is 126 g/mol. The molecule has 9 heavy (non-hydrogen) atoms. The predicted molar refractivity (Wildman–Crippen MR) is 40.4 cm³/mol. The first-order valence-electron chi connectivity index (χ1n) is 3.30. The highest BCUT2D eigenvalue weighted by molar-refractivity contribution is 4.91. The second-order valence-electron chi connectivity index (χ2n) is 1.93. The maximum atomic E-state index is 8.99. The third-order valence-electron chi connectivity index (χ3n) is 1.04. The number of allylic oxidation sites excluding steroid dienone is 3. The zero-order chi connectivity index (χ0) is 7.11. The fourth-order valence-corrected chi connectivity index (χ4v) is 0.588. The number of aliphatic hydroxyl groups excluding tert-OH is 1. The van der Waals surface area contributed by atoms with Crippen molar-refractivity contribution in [1.82, 2.24) is 0 Å². The van der Waals surface area contributed by atoms with Crippen molar-refractivity contribution in [3.05, 3.63) is 24.5 Å². The van der Waals surface area contributed by atoms with Gasteiger partial charge in [0.2, 0.25) is 0 Å². The molecular weight excluding hydrogens is 112 g/mol. The summed E-state index contributed by atoms with van der Waals surface area (Å²) >= 11 is 0. The van der Waals surface area contributed by atoms with E-state index in [-0.39, 0.29) is 0 Å². The van der Waals surface area contributed by atoms with Crippen LogP contribution < -0.4 is 0 Å². The molecule has 1 N–H and O–H groups in total. The van der Waals surface area contributed by atoms with Crippen LogP contribution in [0.4, 0.5) is 0 Å². The third-order valence-corrected chi connectivity index (χ3v) is 1.04. The molecule has 0 radical (unpaired) electrons. The van der Waals surface area contributed by atoms with Gasteiger partial charge in [0.15, 0.2) is 0 Å². The smallest absolute Gasteiger partial charge is 0.0885 e. The molecule has 0 fully saturated rings. The minimum Gasteiger partial charge on any atom is -0.513 e. The fourth-order valence-electron chi connectivity index (χ4n) is 0.588. The maximum absolute atomic E-state index is 8.99. The van der Waals surface area contributed by atoms with Gasteiger partial charge in [-0.1, -0.05) is 13.0 Å². The van der Waals surface area contributed by atoms with Crippen LogP contribution in [0.3, 0.4) is 0 Å². The van der Waals surface area contributed by atoms with Crippen LogP contribution in [0.15, 0.2) is 24.5 Å². The van der Waals surface area contributed by atoms with Gasteiger partial charge in [0.25, 0.3) is 0 Å². The lowest BCUT2D eigenvalue weighted by atomic mass is 10.2. The second-order valence-corrected chi connectivity index (χ2v) is 1.93. The minimum absolute atomic E-state index is 0.484. The lowest BCUT2D eigenvalue weighted by Gasteiger charge is -1.93. The van der Waals surface area contributed by atoms with Crippen molar-refractivity contribution in [2.45, 2.75) is 26.2 Å². The Morgan fingerprint density at radius 1 is 1.67 bits per heavy atom. The highest BCUT2D eigenvalue weighted by Crippen LogP contribution is 2.01. The van der Waals surface area contributed by atoms with Crippen LogP contribution in [0.2, 0.25) is 0 Å². The molecule has 0 aliphatic heterocycles. The molecule has 0 aromatic heterocycles. The first-order valence-corrected chi connectivity index (χ1v) is 3.30. The van der Waals surface area contributed by atoms with Crippen LogP contribution in [0, 0.1) is 0 Å². The van der Waals surface area contributed by atoms with E-state index in [0.717, 1.165) is 19.3 Å². The molecular formula is C8H14O. The Hall–Kier alpha value is -0.720. The maximum Gasteiger partial charge on any atom is 0.0885 e. The van der Waals surface area contributed by atoms with Gasteiger partial charge in [-0.15, -0.1) is 6.58 Å². The van der Waals surface area contributed by atoms with Gasteiger partial charge >= 0.3 is 0 Å². The van der Waals surface area contributed by atoms with Crippen LogP contribution >= 0.6 is 0 Å². The molecule has 0 saturated heterocycles. The Morgan fingerprint density at radius 2 is 2.33 bits per heavy atom. The molecule has 1 heteroatoms. The quantitative estimate of drug-likeness (QED) is 0.453. The molecule has 52 valence electrons. The van der Waals surface area contributed by atoms with E-state index in [2.05, 4.69) is 6.58 Å². The van der Waals surface area contributed by atoms with Gasteiger partial charge in [-0.2, -0.15) is 0 Å². The van der Waals surface area contributed by atoms with E-state index < -0.39 is 0 Å². The largest absolute Gasteiger partial charge is 0.513 e. The predicted octanol–water partition coefficient (Wildman–Crippen LogP) is 2.80. The highest BCUT2D eigenvalue weighted by atomic mass is 16.3. The number of aliphatic hydroxyl groups is 1. The summed E-state index contributed by atoms with van der Waals surface area (Å²) in [5.41, 5.74) is 0. The molecule has 0 unspecified atom stereocenters. The van der Waals surface area contributed by atoms with E-state index in [1.807, 2.05) is 13.0 Å². The van der Waals surface area contributed by atoms with Gasteiger partial charge in [0.05, 0.1) is 5.76 Å². The van der Waals surface area contributed by atoms with Crippen LogP contribution in [-0.2, 0) is 0 Å². The Bertz CT molecular complexity index is 103. The van der Waals surface area contributed by atoms with Crippen LogP contribution in [0.1, 0.15) is 26.2 Å². The Balaban J connectivity index is 3.36. The van der Waals surface area contributed by atoms with Crippen LogP contribution in [-0.4, -0.2) is 5.11 Å². The lowest BCUT2D eigenvalue weighted by Crippen LogP contribution is -1.78. The molecule has 0 heterocycles. The third kappa shape index (κ3) is 5.15. The van der Waals surface area contributed by atoms with Crippen LogP contribution in [0.5, 0.6) is 0 Å². The number of rotatable bonds is 4. The summed E-state index contributed by atoms with van der Waals surface area (Å²) in [5.74, 6) is 0.484. The zero-order valence-corrected chi connectivity index (χ0v) is 5.93. The van der Waals surface area contributed by atoms with Crippen molar-refractivity contribution in [3.8, 4) is 0 Å². The van der Waals surface area contributed by atoms with Gasteiger partial charge < -0.3 is 5.11 Å². The topological polar surface area (TPSA) is 20.2 Å². The number of hydrogen-bond donors (Lipinski definition) is 1. The fraction of sp³-hybridized carbons (Fsp3) is 0.500. The van der Waals surface area contributed by atoms with Gasteiger partial charge in [-0.05, 0) is 18.9 Å². The first-order chi connectivity index (χ1) is 4.31. The summed E-state index contributed by atoms with van der Waals surface area (Å²) in [6.07, 6.45) is 6.13. The molecule has 0 aromatic carbocycles. The molecule has 0 amide bonds. The van der Waals surface area contributed by atoms with Gasteiger partial charge in [0, 0.05) is 6.42 Å². The number of hydrogen-bond acceptors (Lipinski definition) is 1. The summed E-state index contributed by atoms with van der Waals surface area (Å²) < 4.78 is 0. The normalized spacial score (nSPS) is 11.4. The molecule has 0 spiro atoms. The zero-order valence-electron chi connectivity index (χ0n) is 5.93. The van der Waals surface area contributed by atoms with Gasteiger partial charge in [-0.3, -0.25) is 0 Å². The van der Waals surface area contributed by atoms with Crippen molar-refractivity contribution < 1.29 is 5.11 Å². The van der Waals surface area contributed by atoms with Crippen molar-refractivity contribution >= 4 is 0 Å². The first kappa shape index (κ1) is 8.28. The second kappa shape index (κ2) is 5.42. The Morgan fingerprint density at radius 3 is 2.78 bits per heavy atom. The van der Waals surface area contributed by atoms with Gasteiger partial charge in [-0.25, -0.2) is 0 Å². The summed E-state index contributed by atoms with van der Waals surface area (Å²) in [7, 11) is 0. The SMILES string of the molecule is C=CCC/C(O)=C/CC. The average molecular weight is 126 g/mol. The highest BCUT2D eigenvalue weighted by Gasteiger charge is 1.86. The lowest BCUT2D eigenvalue weighted by molar-refractivity contribution is 0.387.